The van der Waals surface area contributed by atoms with Gasteiger partial charge in [-0.05, 0) is 38.5 Å². The van der Waals surface area contributed by atoms with Gasteiger partial charge in [-0.2, -0.15) is 0 Å². The number of carbonyl (C=O) groups excluding carboxylic acids is 1. The Labute approximate surface area is 106 Å². The zero-order valence-electron chi connectivity index (χ0n) is 10.3. The summed E-state index contributed by atoms with van der Waals surface area (Å²) in [4.78, 5) is 15.6. The Morgan fingerprint density at radius 3 is 2.82 bits per heavy atom. The fraction of sp³-hybridized carbons (Fsp3) is 0.500. The molecule has 1 amide bonds. The minimum Gasteiger partial charge on any atom is -0.389 e. The molecule has 0 bridgehead atoms. The number of nitrogens with one attached hydrogen (secondary N) is 1. The van der Waals surface area contributed by atoms with Crippen LogP contribution in [0.15, 0.2) is 23.4 Å². The first-order valence-electron chi connectivity index (χ1n) is 5.55. The maximum absolute atomic E-state index is 11.4. The number of hydrogen-bond acceptors (Lipinski definition) is 4. The fourth-order valence-electron chi connectivity index (χ4n) is 1.27. The van der Waals surface area contributed by atoms with Gasteiger partial charge < -0.3 is 10.4 Å². The van der Waals surface area contributed by atoms with E-state index in [1.165, 1.54) is 11.8 Å². The average Bonchev–Trinajstić information content (AvgIpc) is 2.26. The van der Waals surface area contributed by atoms with Gasteiger partial charge in [0.15, 0.2) is 0 Å². The summed E-state index contributed by atoms with van der Waals surface area (Å²) in [6.45, 7) is 5.55. The minimum absolute atomic E-state index is 0.00532. The highest BCUT2D eigenvalue weighted by atomic mass is 32.2. The summed E-state index contributed by atoms with van der Waals surface area (Å²) in [5.41, 5.74) is 0.812. The molecule has 0 aliphatic rings. The van der Waals surface area contributed by atoms with Gasteiger partial charge in [-0.15, -0.1) is 0 Å². The lowest BCUT2D eigenvalue weighted by molar-refractivity contribution is -0.119. The predicted octanol–water partition coefficient (Wildman–Crippen LogP) is 1.75. The molecular formula is C12H18N2O2S. The number of amides is 1. The van der Waals surface area contributed by atoms with E-state index in [9.17, 15) is 9.90 Å². The molecule has 1 rings (SSSR count). The number of aromatic nitrogens is 1. The van der Waals surface area contributed by atoms with E-state index in [0.717, 1.165) is 10.6 Å². The summed E-state index contributed by atoms with van der Waals surface area (Å²) in [6.07, 6.45) is 1.13. The summed E-state index contributed by atoms with van der Waals surface area (Å²) in [7, 11) is 0. The topological polar surface area (TPSA) is 62.2 Å². The molecule has 0 spiro atoms. The third-order valence-corrected chi connectivity index (χ3v) is 2.97. The molecule has 1 aromatic rings. The van der Waals surface area contributed by atoms with E-state index in [0.29, 0.717) is 5.75 Å². The quantitative estimate of drug-likeness (QED) is 0.786. The number of pyridine rings is 1. The van der Waals surface area contributed by atoms with E-state index >= 15 is 0 Å². The van der Waals surface area contributed by atoms with E-state index in [1.54, 1.807) is 25.3 Å². The van der Waals surface area contributed by atoms with E-state index in [-0.39, 0.29) is 11.9 Å². The van der Waals surface area contributed by atoms with Crippen molar-refractivity contribution in [2.75, 3.05) is 5.75 Å². The molecule has 1 aromatic heterocycles. The molecule has 0 aliphatic carbocycles. The largest absolute Gasteiger partial charge is 0.389 e. The van der Waals surface area contributed by atoms with Gasteiger partial charge in [0, 0.05) is 12.2 Å². The number of thioether (sulfide) groups is 1. The second-order valence-electron chi connectivity index (χ2n) is 4.11. The van der Waals surface area contributed by atoms with Gasteiger partial charge in [-0.25, -0.2) is 4.98 Å². The zero-order chi connectivity index (χ0) is 12.8. The van der Waals surface area contributed by atoms with Crippen LogP contribution in [0, 0.1) is 0 Å². The number of rotatable bonds is 5. The van der Waals surface area contributed by atoms with Gasteiger partial charge in [-0.3, -0.25) is 4.79 Å². The summed E-state index contributed by atoms with van der Waals surface area (Å²) in [5.74, 6) is 0.336. The summed E-state index contributed by atoms with van der Waals surface area (Å²) < 4.78 is 0. The van der Waals surface area contributed by atoms with Gasteiger partial charge in [0.2, 0.25) is 5.91 Å². The summed E-state index contributed by atoms with van der Waals surface area (Å²) in [5, 5.41) is 13.0. The van der Waals surface area contributed by atoms with E-state index in [2.05, 4.69) is 10.3 Å². The molecule has 2 N–H and O–H groups in total. The van der Waals surface area contributed by atoms with Crippen molar-refractivity contribution < 1.29 is 9.90 Å². The Bertz CT molecular complexity index is 381. The van der Waals surface area contributed by atoms with Crippen LogP contribution in [0.5, 0.6) is 0 Å². The van der Waals surface area contributed by atoms with Crippen molar-refractivity contribution in [3.05, 3.63) is 23.9 Å². The second kappa shape index (κ2) is 6.61. The molecule has 0 radical (unpaired) electrons. The molecular weight excluding hydrogens is 236 g/mol. The molecule has 0 saturated carbocycles. The van der Waals surface area contributed by atoms with Gasteiger partial charge in [0.1, 0.15) is 0 Å². The first-order chi connectivity index (χ1) is 7.99. The molecule has 94 valence electrons. The fourth-order valence-corrected chi connectivity index (χ4v) is 1.98. The molecule has 0 aliphatic heterocycles. The number of aliphatic hydroxyl groups excluding tert-OH is 1. The third kappa shape index (κ3) is 5.19. The van der Waals surface area contributed by atoms with Crippen LogP contribution in [0.3, 0.4) is 0 Å². The Kier molecular flexibility index (Phi) is 5.44. The van der Waals surface area contributed by atoms with E-state index < -0.39 is 6.10 Å². The number of aliphatic hydroxyl groups is 1. The van der Waals surface area contributed by atoms with E-state index in [4.69, 9.17) is 0 Å². The van der Waals surface area contributed by atoms with Crippen LogP contribution in [0.25, 0.3) is 0 Å². The van der Waals surface area contributed by atoms with Gasteiger partial charge in [0.25, 0.3) is 0 Å². The SMILES string of the molecule is CC(C)NC(=O)CSc1cc([C@H](C)O)ccn1. The molecule has 0 saturated heterocycles. The lowest BCUT2D eigenvalue weighted by Gasteiger charge is -2.08. The average molecular weight is 254 g/mol. The normalized spacial score (nSPS) is 12.5. The van der Waals surface area contributed by atoms with Crippen LogP contribution in [-0.4, -0.2) is 27.8 Å². The highest BCUT2D eigenvalue weighted by molar-refractivity contribution is 7.99. The minimum atomic E-state index is -0.512. The molecule has 17 heavy (non-hydrogen) atoms. The van der Waals surface area contributed by atoms with Crippen molar-refractivity contribution >= 4 is 17.7 Å². The van der Waals surface area contributed by atoms with Crippen LogP contribution in [-0.2, 0) is 4.79 Å². The van der Waals surface area contributed by atoms with Crippen molar-refractivity contribution in [2.24, 2.45) is 0 Å². The Morgan fingerprint density at radius 2 is 2.24 bits per heavy atom. The van der Waals surface area contributed by atoms with E-state index in [1.807, 2.05) is 13.8 Å². The molecule has 1 heterocycles. The van der Waals surface area contributed by atoms with Crippen LogP contribution in [0.1, 0.15) is 32.4 Å². The Morgan fingerprint density at radius 1 is 1.53 bits per heavy atom. The first-order valence-corrected chi connectivity index (χ1v) is 6.53. The lowest BCUT2D eigenvalue weighted by Crippen LogP contribution is -2.31. The number of carbonyl (C=O) groups is 1. The first kappa shape index (κ1) is 14.0. The predicted molar refractivity (Wildman–Crippen MR) is 68.9 cm³/mol. The Balaban J connectivity index is 2.52. The summed E-state index contributed by atoms with van der Waals surface area (Å²) >= 11 is 1.37. The molecule has 0 unspecified atom stereocenters. The maximum atomic E-state index is 11.4. The lowest BCUT2D eigenvalue weighted by atomic mass is 10.2. The smallest absolute Gasteiger partial charge is 0.230 e. The van der Waals surface area contributed by atoms with Crippen molar-refractivity contribution in [2.45, 2.75) is 37.9 Å². The molecule has 0 fully saturated rings. The number of nitrogens with zero attached hydrogens (tertiary/aromatic N) is 1. The van der Waals surface area contributed by atoms with Crippen molar-refractivity contribution in [3.63, 3.8) is 0 Å². The standard InChI is InChI=1S/C12H18N2O2S/c1-8(2)14-11(16)7-17-12-6-10(9(3)15)4-5-13-12/h4-6,8-9,15H,7H2,1-3H3,(H,14,16)/t9-/m0/s1. The second-order valence-corrected chi connectivity index (χ2v) is 5.11. The molecule has 4 nitrogen and oxygen atoms in total. The third-order valence-electron chi connectivity index (χ3n) is 2.04. The maximum Gasteiger partial charge on any atom is 0.230 e. The van der Waals surface area contributed by atoms with Gasteiger partial charge in [0.05, 0.1) is 16.9 Å². The molecule has 1 atom stereocenters. The van der Waals surface area contributed by atoms with Gasteiger partial charge >= 0.3 is 0 Å². The van der Waals surface area contributed by atoms with Crippen molar-refractivity contribution in [3.8, 4) is 0 Å². The van der Waals surface area contributed by atoms with Gasteiger partial charge in [-0.1, -0.05) is 11.8 Å². The van der Waals surface area contributed by atoms with Crippen LogP contribution in [0.2, 0.25) is 0 Å². The number of hydrogen-bond donors (Lipinski definition) is 2. The van der Waals surface area contributed by atoms with Crippen molar-refractivity contribution in [1.29, 1.82) is 0 Å². The highest BCUT2D eigenvalue weighted by Crippen LogP contribution is 2.19. The zero-order valence-corrected chi connectivity index (χ0v) is 11.1. The highest BCUT2D eigenvalue weighted by Gasteiger charge is 2.07. The van der Waals surface area contributed by atoms with Crippen LogP contribution >= 0.6 is 11.8 Å². The van der Waals surface area contributed by atoms with Crippen LogP contribution in [0.4, 0.5) is 0 Å². The molecule has 0 aromatic carbocycles. The monoisotopic (exact) mass is 254 g/mol. The summed E-state index contributed by atoms with van der Waals surface area (Å²) in [6, 6.07) is 3.72. The molecule has 5 heteroatoms. The van der Waals surface area contributed by atoms with Crippen molar-refractivity contribution in [1.82, 2.24) is 10.3 Å². The van der Waals surface area contributed by atoms with Crippen LogP contribution < -0.4 is 5.32 Å². The Hall–Kier alpha value is -1.07.